The minimum Gasteiger partial charge on any atom is -0.478 e. The second-order valence-corrected chi connectivity index (χ2v) is 4.68. The van der Waals surface area contributed by atoms with Gasteiger partial charge in [-0.05, 0) is 26.3 Å². The summed E-state index contributed by atoms with van der Waals surface area (Å²) in [6.07, 6.45) is 0. The lowest BCUT2D eigenvalue weighted by Crippen LogP contribution is -2.39. The Morgan fingerprint density at radius 2 is 1.62 bits per heavy atom. The van der Waals surface area contributed by atoms with E-state index >= 15 is 0 Å². The summed E-state index contributed by atoms with van der Waals surface area (Å²) in [5.41, 5.74) is 1.91. The fourth-order valence-electron chi connectivity index (χ4n) is 1.46. The molecule has 21 heavy (non-hydrogen) atoms. The molecule has 0 aliphatic rings. The minimum absolute atomic E-state index is 0.00649. The van der Waals surface area contributed by atoms with Crippen molar-refractivity contribution in [2.45, 2.75) is 27.3 Å². The van der Waals surface area contributed by atoms with Gasteiger partial charge in [-0.15, -0.1) is 0 Å². The van der Waals surface area contributed by atoms with Crippen molar-refractivity contribution in [1.82, 2.24) is 10.6 Å². The summed E-state index contributed by atoms with van der Waals surface area (Å²) in [6, 6.07) is 6.92. The lowest BCUT2D eigenvalue weighted by Gasteiger charge is -2.08. The third kappa shape index (κ3) is 5.10. The highest BCUT2D eigenvalue weighted by Gasteiger charge is 2.14. The summed E-state index contributed by atoms with van der Waals surface area (Å²) in [5, 5.41) is 13.4. The third-order valence-electron chi connectivity index (χ3n) is 3.02. The van der Waals surface area contributed by atoms with Gasteiger partial charge >= 0.3 is 12.0 Å². The van der Waals surface area contributed by atoms with Crippen LogP contribution in [0.15, 0.2) is 35.4 Å². The number of carboxylic acids is 1. The first-order valence-corrected chi connectivity index (χ1v) is 6.36. The number of imide groups is 1. The summed E-state index contributed by atoms with van der Waals surface area (Å²) >= 11 is 0. The first kappa shape index (κ1) is 16.4. The van der Waals surface area contributed by atoms with Crippen LogP contribution in [-0.2, 0) is 16.1 Å². The Bertz CT molecular complexity index is 588. The first-order chi connectivity index (χ1) is 9.81. The first-order valence-electron chi connectivity index (χ1n) is 6.36. The van der Waals surface area contributed by atoms with Gasteiger partial charge in [0.05, 0.1) is 0 Å². The Morgan fingerprint density at radius 3 is 2.14 bits per heavy atom. The van der Waals surface area contributed by atoms with Crippen molar-refractivity contribution in [3.63, 3.8) is 0 Å². The van der Waals surface area contributed by atoms with E-state index in [1.807, 2.05) is 31.2 Å². The number of rotatable bonds is 4. The molecule has 0 aliphatic carbocycles. The van der Waals surface area contributed by atoms with Crippen molar-refractivity contribution in [1.29, 1.82) is 0 Å². The molecule has 3 amide bonds. The summed E-state index contributed by atoms with van der Waals surface area (Å²) in [4.78, 5) is 34.0. The molecule has 112 valence electrons. The monoisotopic (exact) mass is 290 g/mol. The van der Waals surface area contributed by atoms with E-state index in [1.165, 1.54) is 13.8 Å². The summed E-state index contributed by atoms with van der Waals surface area (Å²) in [7, 11) is 0. The average Bonchev–Trinajstić information content (AvgIpc) is 2.44. The van der Waals surface area contributed by atoms with Crippen molar-refractivity contribution < 1.29 is 19.5 Å². The molecule has 0 atom stereocenters. The number of urea groups is 1. The zero-order valence-electron chi connectivity index (χ0n) is 12.2. The molecule has 6 heteroatoms. The van der Waals surface area contributed by atoms with Crippen LogP contribution < -0.4 is 10.6 Å². The molecule has 0 saturated carbocycles. The second kappa shape index (κ2) is 7.23. The highest BCUT2D eigenvalue weighted by Crippen LogP contribution is 2.04. The van der Waals surface area contributed by atoms with E-state index < -0.39 is 17.9 Å². The fraction of sp³-hybridized carbons (Fsp3) is 0.267. The molecule has 0 radical (unpaired) electrons. The van der Waals surface area contributed by atoms with Crippen molar-refractivity contribution in [2.24, 2.45) is 0 Å². The van der Waals surface area contributed by atoms with Crippen molar-refractivity contribution in [2.75, 3.05) is 0 Å². The third-order valence-corrected chi connectivity index (χ3v) is 3.02. The Kier molecular flexibility index (Phi) is 5.66. The number of carboxylic acid groups (broad SMARTS) is 1. The largest absolute Gasteiger partial charge is 0.478 e. The molecule has 0 spiro atoms. The molecule has 0 bridgehead atoms. The lowest BCUT2D eigenvalue weighted by molar-refractivity contribution is -0.133. The van der Waals surface area contributed by atoms with E-state index in [-0.39, 0.29) is 17.7 Å². The van der Waals surface area contributed by atoms with E-state index in [2.05, 4.69) is 10.6 Å². The van der Waals surface area contributed by atoms with Crippen molar-refractivity contribution in [3.05, 3.63) is 46.5 Å². The molecule has 0 saturated heterocycles. The second-order valence-electron chi connectivity index (χ2n) is 4.68. The zero-order chi connectivity index (χ0) is 16.0. The van der Waals surface area contributed by atoms with Crippen LogP contribution in [0, 0.1) is 6.92 Å². The highest BCUT2D eigenvalue weighted by atomic mass is 16.4. The van der Waals surface area contributed by atoms with E-state index in [0.29, 0.717) is 0 Å². The van der Waals surface area contributed by atoms with E-state index in [1.54, 1.807) is 0 Å². The van der Waals surface area contributed by atoms with Gasteiger partial charge in [-0.2, -0.15) is 0 Å². The van der Waals surface area contributed by atoms with Gasteiger partial charge in [0.15, 0.2) is 0 Å². The summed E-state index contributed by atoms with van der Waals surface area (Å²) in [5.74, 6) is -1.92. The molecule has 0 aliphatic heterocycles. The minimum atomic E-state index is -1.19. The number of aliphatic carboxylic acids is 1. The van der Waals surface area contributed by atoms with Gasteiger partial charge in [-0.3, -0.25) is 10.1 Å². The van der Waals surface area contributed by atoms with Gasteiger partial charge in [-0.1, -0.05) is 29.8 Å². The Morgan fingerprint density at radius 1 is 1.05 bits per heavy atom. The van der Waals surface area contributed by atoms with Crippen LogP contribution in [0.3, 0.4) is 0 Å². The van der Waals surface area contributed by atoms with Crippen LogP contribution in [0.2, 0.25) is 0 Å². The molecule has 1 aromatic rings. The number of hydrogen-bond donors (Lipinski definition) is 3. The van der Waals surface area contributed by atoms with Gasteiger partial charge in [0, 0.05) is 17.7 Å². The molecular weight excluding hydrogens is 272 g/mol. The van der Waals surface area contributed by atoms with E-state index in [9.17, 15) is 14.4 Å². The molecule has 3 N–H and O–H groups in total. The van der Waals surface area contributed by atoms with E-state index in [0.717, 1.165) is 11.1 Å². The Hall–Kier alpha value is -2.63. The van der Waals surface area contributed by atoms with Crippen LogP contribution in [-0.4, -0.2) is 23.0 Å². The quantitative estimate of drug-likeness (QED) is 0.736. The van der Waals surface area contributed by atoms with Crippen molar-refractivity contribution >= 4 is 17.9 Å². The topological polar surface area (TPSA) is 95.5 Å². The average molecular weight is 290 g/mol. The van der Waals surface area contributed by atoms with Gasteiger partial charge < -0.3 is 10.4 Å². The molecule has 0 fully saturated rings. The number of carbonyl (C=O) groups is 3. The van der Waals surface area contributed by atoms with Crippen molar-refractivity contribution in [3.8, 4) is 0 Å². The van der Waals surface area contributed by atoms with Crippen LogP contribution in [0.4, 0.5) is 4.79 Å². The maximum absolute atomic E-state index is 11.7. The van der Waals surface area contributed by atoms with Gasteiger partial charge in [0.2, 0.25) is 0 Å². The normalized spacial score (nSPS) is 11.4. The molecule has 1 aromatic carbocycles. The standard InChI is InChI=1S/C15H18N2O4/c1-9-4-6-12(7-5-9)8-16-15(21)17-13(18)10(2)11(3)14(19)20/h4-7H,8H2,1-3H3,(H,19,20)(H2,16,17,18,21). The molecule has 6 nitrogen and oxygen atoms in total. The number of hydrogen-bond acceptors (Lipinski definition) is 3. The zero-order valence-corrected chi connectivity index (χ0v) is 12.2. The summed E-state index contributed by atoms with van der Waals surface area (Å²) < 4.78 is 0. The number of benzene rings is 1. The molecule has 0 heterocycles. The van der Waals surface area contributed by atoms with Gasteiger partial charge in [-0.25, -0.2) is 9.59 Å². The van der Waals surface area contributed by atoms with Gasteiger partial charge in [0.25, 0.3) is 5.91 Å². The Labute approximate surface area is 122 Å². The molecule has 0 aromatic heterocycles. The van der Waals surface area contributed by atoms with E-state index in [4.69, 9.17) is 5.11 Å². The smallest absolute Gasteiger partial charge is 0.331 e. The van der Waals surface area contributed by atoms with Crippen LogP contribution >= 0.6 is 0 Å². The number of carbonyl (C=O) groups excluding carboxylic acids is 2. The predicted molar refractivity (Wildman–Crippen MR) is 77.6 cm³/mol. The summed E-state index contributed by atoms with van der Waals surface area (Å²) in [6.45, 7) is 4.90. The molecule has 1 rings (SSSR count). The van der Waals surface area contributed by atoms with Crippen LogP contribution in [0.25, 0.3) is 0 Å². The maximum atomic E-state index is 11.7. The van der Waals surface area contributed by atoms with Crippen LogP contribution in [0.1, 0.15) is 25.0 Å². The number of nitrogens with one attached hydrogen (secondary N) is 2. The maximum Gasteiger partial charge on any atom is 0.331 e. The van der Waals surface area contributed by atoms with Gasteiger partial charge in [0.1, 0.15) is 0 Å². The SMILES string of the molecule is CC(C(=O)O)=C(C)C(=O)NC(=O)NCc1ccc(C)cc1. The lowest BCUT2D eigenvalue weighted by atomic mass is 10.1. The fourth-order valence-corrected chi connectivity index (χ4v) is 1.46. The highest BCUT2D eigenvalue weighted by molar-refractivity contribution is 6.07. The number of aryl methyl sites for hydroxylation is 1. The molecule has 0 unspecified atom stereocenters. The number of amides is 3. The Balaban J connectivity index is 2.54. The predicted octanol–water partition coefficient (Wildman–Crippen LogP) is 1.74. The molecular formula is C15H18N2O4. The van der Waals surface area contributed by atoms with Crippen LogP contribution in [0.5, 0.6) is 0 Å².